The molecule has 0 aromatic carbocycles. The van der Waals surface area contributed by atoms with Crippen molar-refractivity contribution in [3.63, 3.8) is 0 Å². The molecule has 2 bridgehead atoms. The van der Waals surface area contributed by atoms with E-state index >= 15 is 0 Å². The van der Waals surface area contributed by atoms with E-state index in [-0.39, 0.29) is 31.0 Å². The number of hydroxylamine groups is 2. The van der Waals surface area contributed by atoms with Gasteiger partial charge in [0.25, 0.3) is 0 Å². The fourth-order valence-electron chi connectivity index (χ4n) is 4.39. The highest BCUT2D eigenvalue weighted by Gasteiger charge is 2.52. The Kier molecular flexibility index (Phi) is 6.11. The summed E-state index contributed by atoms with van der Waals surface area (Å²) >= 11 is 1.24. The van der Waals surface area contributed by atoms with Crippen molar-refractivity contribution in [1.82, 2.24) is 34.5 Å². The average molecular weight is 531 g/mol. The monoisotopic (exact) mass is 530 g/mol. The Labute approximate surface area is 215 Å². The first-order chi connectivity index (χ1) is 17.6. The van der Waals surface area contributed by atoms with Crippen molar-refractivity contribution in [3.05, 3.63) is 56.9 Å². The molecule has 2 aliphatic heterocycles. The van der Waals surface area contributed by atoms with Crippen LogP contribution in [0, 0.1) is 0 Å². The second-order valence-corrected chi connectivity index (χ2v) is 10.5. The molecule has 5 heterocycles. The van der Waals surface area contributed by atoms with E-state index in [9.17, 15) is 14.4 Å². The largest absolute Gasteiger partial charge is 0.444 e. The van der Waals surface area contributed by atoms with Crippen LogP contribution in [0.5, 0.6) is 0 Å². The van der Waals surface area contributed by atoms with Crippen LogP contribution in [0.2, 0.25) is 0 Å². The van der Waals surface area contributed by atoms with Crippen molar-refractivity contribution in [2.75, 3.05) is 18.5 Å². The Bertz CT molecular complexity index is 1410. The number of ether oxygens (including phenoxy) is 1. The Balaban J connectivity index is 1.44. The first-order valence-electron chi connectivity index (χ1n) is 11.4. The molecule has 2 atom stereocenters. The van der Waals surface area contributed by atoms with Gasteiger partial charge in [-0.05, 0) is 20.8 Å². The number of anilines is 1. The third-order valence-electron chi connectivity index (χ3n) is 5.80. The molecule has 1 saturated heterocycles. The molecule has 3 aromatic rings. The standard InChI is InChI=1S/C22H26N8O6S/c1-6-7-34-30-13-9-28(20(30)32)17(16-12(13)8-23-27(16)5)18-26-36-21(33)29(18)10-15-24-14(11-37-15)25-19(31)35-22(2,3)4/h6,8,11,13,17H,1,7,9-10H2,2-5H3,(H,25,31)/t13-,17-/m0/s1. The molecular weight excluding hydrogens is 504 g/mol. The summed E-state index contributed by atoms with van der Waals surface area (Å²) in [6, 6.07) is -1.47. The van der Waals surface area contributed by atoms with E-state index in [0.717, 1.165) is 5.56 Å². The highest BCUT2D eigenvalue weighted by molar-refractivity contribution is 7.10. The summed E-state index contributed by atoms with van der Waals surface area (Å²) < 4.78 is 13.3. The molecule has 0 spiro atoms. The van der Waals surface area contributed by atoms with E-state index in [1.807, 2.05) is 0 Å². The van der Waals surface area contributed by atoms with Crippen molar-refractivity contribution in [2.24, 2.45) is 7.05 Å². The molecule has 15 heteroatoms. The number of fused-ring (bicyclic) bond motifs is 4. The van der Waals surface area contributed by atoms with E-state index in [2.05, 4.69) is 27.1 Å². The molecule has 37 heavy (non-hydrogen) atoms. The molecule has 2 aliphatic rings. The van der Waals surface area contributed by atoms with Crippen LogP contribution in [0.15, 0.2) is 33.5 Å². The highest BCUT2D eigenvalue weighted by Crippen LogP contribution is 2.45. The van der Waals surface area contributed by atoms with Crippen molar-refractivity contribution < 1.29 is 23.7 Å². The van der Waals surface area contributed by atoms with Crippen molar-refractivity contribution in [2.45, 2.75) is 45.0 Å². The van der Waals surface area contributed by atoms with Crippen LogP contribution in [0.4, 0.5) is 15.4 Å². The Morgan fingerprint density at radius 2 is 2.16 bits per heavy atom. The van der Waals surface area contributed by atoms with E-state index in [1.54, 1.807) is 55.1 Å². The first kappa shape index (κ1) is 24.7. The number of aromatic nitrogens is 5. The van der Waals surface area contributed by atoms with E-state index in [0.29, 0.717) is 23.1 Å². The molecule has 0 radical (unpaired) electrons. The lowest BCUT2D eigenvalue weighted by Crippen LogP contribution is -2.38. The maximum Gasteiger partial charge on any atom is 0.442 e. The minimum absolute atomic E-state index is 0.0180. The number of carbonyl (C=O) groups is 2. The molecule has 1 fully saturated rings. The zero-order chi connectivity index (χ0) is 26.5. The summed E-state index contributed by atoms with van der Waals surface area (Å²) in [5, 5.41) is 14.5. The second kappa shape index (κ2) is 9.15. The summed E-state index contributed by atoms with van der Waals surface area (Å²) in [5.41, 5.74) is 0.831. The van der Waals surface area contributed by atoms with Crippen LogP contribution in [0.25, 0.3) is 0 Å². The molecule has 0 aliphatic carbocycles. The molecular formula is C22H26N8O6S. The van der Waals surface area contributed by atoms with E-state index in [1.165, 1.54) is 21.0 Å². The minimum Gasteiger partial charge on any atom is -0.444 e. The quantitative estimate of drug-likeness (QED) is 0.454. The number of nitrogens with one attached hydrogen (secondary N) is 1. The number of thiazole rings is 1. The van der Waals surface area contributed by atoms with Crippen molar-refractivity contribution >= 4 is 29.3 Å². The predicted molar refractivity (Wildman–Crippen MR) is 130 cm³/mol. The van der Waals surface area contributed by atoms with Crippen LogP contribution >= 0.6 is 11.3 Å². The second-order valence-electron chi connectivity index (χ2n) is 9.52. The predicted octanol–water partition coefficient (Wildman–Crippen LogP) is 2.42. The van der Waals surface area contributed by atoms with Gasteiger partial charge in [-0.2, -0.15) is 10.2 Å². The number of rotatable bonds is 7. The normalized spacial score (nSPS) is 18.8. The Morgan fingerprint density at radius 3 is 2.89 bits per heavy atom. The summed E-state index contributed by atoms with van der Waals surface area (Å²) in [7, 11) is 1.76. The average Bonchev–Trinajstić information content (AvgIpc) is 3.57. The number of aryl methyl sites for hydroxylation is 1. The lowest BCUT2D eigenvalue weighted by atomic mass is 9.97. The fraction of sp³-hybridized carbons (Fsp3) is 0.455. The number of carbonyl (C=O) groups excluding carboxylic acids is 2. The maximum absolute atomic E-state index is 13.3. The van der Waals surface area contributed by atoms with Gasteiger partial charge < -0.3 is 9.64 Å². The maximum atomic E-state index is 13.3. The number of urea groups is 1. The van der Waals surface area contributed by atoms with E-state index in [4.69, 9.17) is 14.1 Å². The lowest BCUT2D eigenvalue weighted by Gasteiger charge is -2.30. The van der Waals surface area contributed by atoms with Gasteiger partial charge in [-0.25, -0.2) is 19.4 Å². The van der Waals surface area contributed by atoms with Gasteiger partial charge in [0, 0.05) is 18.0 Å². The van der Waals surface area contributed by atoms with Crippen LogP contribution in [-0.4, -0.2) is 65.3 Å². The molecule has 0 unspecified atom stereocenters. The molecule has 3 amide bonds. The first-order valence-corrected chi connectivity index (χ1v) is 12.3. The number of hydrogen-bond donors (Lipinski definition) is 1. The number of hydrogen-bond acceptors (Lipinski definition) is 10. The van der Waals surface area contributed by atoms with Crippen LogP contribution in [0.1, 0.15) is 54.9 Å². The molecule has 5 rings (SSSR count). The summed E-state index contributed by atoms with van der Waals surface area (Å²) in [4.78, 5) is 49.7. The lowest BCUT2D eigenvalue weighted by molar-refractivity contribution is -0.118. The summed E-state index contributed by atoms with van der Waals surface area (Å²) in [5.74, 6) is -0.187. The van der Waals surface area contributed by atoms with Crippen molar-refractivity contribution in [3.8, 4) is 0 Å². The van der Waals surface area contributed by atoms with Gasteiger partial charge in [0.1, 0.15) is 28.5 Å². The third kappa shape index (κ3) is 4.51. The van der Waals surface area contributed by atoms with Gasteiger partial charge in [0.2, 0.25) is 0 Å². The van der Waals surface area contributed by atoms with Gasteiger partial charge in [-0.15, -0.1) is 17.9 Å². The SMILES string of the molecule is C=CCON1C(=O)N2C[C@H]1c1cnn(C)c1[C@H]2c1noc(=O)n1Cc1nc(NC(=O)OC(C)(C)C)cs1. The summed E-state index contributed by atoms with van der Waals surface area (Å²) in [6.07, 6.45) is 2.61. The topological polar surface area (TPSA) is 150 Å². The van der Waals surface area contributed by atoms with Crippen LogP contribution in [-0.2, 0) is 23.2 Å². The van der Waals surface area contributed by atoms with Gasteiger partial charge >= 0.3 is 17.9 Å². The molecule has 14 nitrogen and oxygen atoms in total. The fourth-order valence-corrected chi connectivity index (χ4v) is 5.10. The molecule has 196 valence electrons. The Morgan fingerprint density at radius 1 is 1.38 bits per heavy atom. The number of nitrogens with zero attached hydrogens (tertiary/aromatic N) is 7. The highest BCUT2D eigenvalue weighted by atomic mass is 32.1. The van der Waals surface area contributed by atoms with Crippen LogP contribution < -0.4 is 11.1 Å². The zero-order valence-corrected chi connectivity index (χ0v) is 21.5. The van der Waals surface area contributed by atoms with Crippen molar-refractivity contribution in [1.29, 1.82) is 0 Å². The molecule has 0 saturated carbocycles. The van der Waals surface area contributed by atoms with E-state index < -0.39 is 23.5 Å². The summed E-state index contributed by atoms with van der Waals surface area (Å²) in [6.45, 7) is 9.42. The number of amides is 3. The van der Waals surface area contributed by atoms with Gasteiger partial charge in [0.05, 0.1) is 31.6 Å². The molecule has 1 N–H and O–H groups in total. The minimum atomic E-state index is -0.741. The van der Waals surface area contributed by atoms with Crippen LogP contribution in [0.3, 0.4) is 0 Å². The van der Waals surface area contributed by atoms with Gasteiger partial charge in [-0.1, -0.05) is 11.2 Å². The zero-order valence-electron chi connectivity index (χ0n) is 20.7. The third-order valence-corrected chi connectivity index (χ3v) is 6.63. The van der Waals surface area contributed by atoms with Gasteiger partial charge in [0.15, 0.2) is 5.82 Å². The van der Waals surface area contributed by atoms with Gasteiger partial charge in [-0.3, -0.25) is 23.9 Å². The molecule has 3 aromatic heterocycles. The smallest absolute Gasteiger partial charge is 0.442 e. The Hall–Kier alpha value is -3.98.